The number of nitrogens with zero attached hydrogens (tertiary/aromatic N) is 1. The summed E-state index contributed by atoms with van der Waals surface area (Å²) in [5.41, 5.74) is 3.54. The fraction of sp³-hybridized carbons (Fsp3) is 0.235. The lowest BCUT2D eigenvalue weighted by atomic mass is 10.2. The van der Waals surface area contributed by atoms with E-state index in [-0.39, 0.29) is 0 Å². The Morgan fingerprint density at radius 2 is 1.85 bits per heavy atom. The SMILES string of the molecule is CCN(Cc1ccccc1)C(=S)Nc1cccc(C)c1. The van der Waals surface area contributed by atoms with Gasteiger partial charge in [0.15, 0.2) is 5.11 Å². The molecule has 0 bridgehead atoms. The van der Waals surface area contributed by atoms with Crippen LogP contribution in [0.3, 0.4) is 0 Å². The maximum atomic E-state index is 5.51. The minimum atomic E-state index is 0.766. The average Bonchev–Trinajstić information content (AvgIpc) is 2.45. The summed E-state index contributed by atoms with van der Waals surface area (Å²) in [6.45, 7) is 5.91. The minimum Gasteiger partial charge on any atom is -0.345 e. The summed E-state index contributed by atoms with van der Waals surface area (Å²) in [6.07, 6.45) is 0. The summed E-state index contributed by atoms with van der Waals surface area (Å²) >= 11 is 5.51. The first-order chi connectivity index (χ1) is 9.69. The van der Waals surface area contributed by atoms with Gasteiger partial charge >= 0.3 is 0 Å². The highest BCUT2D eigenvalue weighted by atomic mass is 32.1. The van der Waals surface area contributed by atoms with E-state index in [1.165, 1.54) is 11.1 Å². The van der Waals surface area contributed by atoms with E-state index >= 15 is 0 Å². The van der Waals surface area contributed by atoms with Crippen LogP contribution in [-0.2, 0) is 6.54 Å². The first kappa shape index (κ1) is 14.5. The second-order valence-electron chi connectivity index (χ2n) is 4.80. The smallest absolute Gasteiger partial charge is 0.173 e. The first-order valence-electron chi connectivity index (χ1n) is 6.85. The van der Waals surface area contributed by atoms with Crippen LogP contribution in [0.15, 0.2) is 54.6 Å². The Bertz CT molecular complexity index is 566. The number of benzene rings is 2. The first-order valence-corrected chi connectivity index (χ1v) is 7.26. The maximum absolute atomic E-state index is 5.51. The van der Waals surface area contributed by atoms with Gasteiger partial charge in [-0.15, -0.1) is 0 Å². The molecule has 20 heavy (non-hydrogen) atoms. The Morgan fingerprint density at radius 3 is 2.50 bits per heavy atom. The molecule has 0 fully saturated rings. The van der Waals surface area contributed by atoms with Gasteiger partial charge < -0.3 is 10.2 Å². The number of thiocarbonyl (C=S) groups is 1. The molecule has 0 aliphatic rings. The zero-order valence-electron chi connectivity index (χ0n) is 12.0. The van der Waals surface area contributed by atoms with Crippen molar-refractivity contribution in [1.29, 1.82) is 0 Å². The van der Waals surface area contributed by atoms with Gasteiger partial charge in [0.05, 0.1) is 0 Å². The third-order valence-corrected chi connectivity index (χ3v) is 3.51. The Morgan fingerprint density at radius 1 is 1.10 bits per heavy atom. The normalized spacial score (nSPS) is 10.1. The molecule has 0 radical (unpaired) electrons. The lowest BCUT2D eigenvalue weighted by Gasteiger charge is -2.24. The molecule has 2 rings (SSSR count). The van der Waals surface area contributed by atoms with E-state index in [0.29, 0.717) is 0 Å². The number of hydrogen-bond donors (Lipinski definition) is 1. The topological polar surface area (TPSA) is 15.3 Å². The second-order valence-corrected chi connectivity index (χ2v) is 5.19. The molecule has 0 atom stereocenters. The van der Waals surface area contributed by atoms with Crippen LogP contribution in [0.1, 0.15) is 18.1 Å². The largest absolute Gasteiger partial charge is 0.345 e. The highest BCUT2D eigenvalue weighted by Crippen LogP contribution is 2.12. The van der Waals surface area contributed by atoms with Crippen molar-refractivity contribution in [3.05, 3.63) is 65.7 Å². The molecule has 0 saturated carbocycles. The highest BCUT2D eigenvalue weighted by Gasteiger charge is 2.08. The van der Waals surface area contributed by atoms with E-state index in [0.717, 1.165) is 23.9 Å². The summed E-state index contributed by atoms with van der Waals surface area (Å²) in [4.78, 5) is 2.16. The number of hydrogen-bond acceptors (Lipinski definition) is 1. The number of nitrogens with one attached hydrogen (secondary N) is 1. The molecular formula is C17H20N2S. The van der Waals surface area contributed by atoms with Gasteiger partial charge in [0.2, 0.25) is 0 Å². The third-order valence-electron chi connectivity index (χ3n) is 3.15. The Kier molecular flexibility index (Phi) is 5.13. The molecule has 3 heteroatoms. The molecule has 1 N–H and O–H groups in total. The second kappa shape index (κ2) is 7.06. The van der Waals surface area contributed by atoms with Crippen molar-refractivity contribution in [3.8, 4) is 0 Å². The molecule has 0 aromatic heterocycles. The van der Waals surface area contributed by atoms with Crippen LogP contribution in [-0.4, -0.2) is 16.6 Å². The van der Waals surface area contributed by atoms with Gasteiger partial charge in [-0.2, -0.15) is 0 Å². The molecule has 2 aromatic rings. The van der Waals surface area contributed by atoms with Crippen LogP contribution in [0.2, 0.25) is 0 Å². The Labute approximate surface area is 126 Å². The van der Waals surface area contributed by atoms with Crippen molar-refractivity contribution in [3.63, 3.8) is 0 Å². The van der Waals surface area contributed by atoms with Crippen LogP contribution >= 0.6 is 12.2 Å². The summed E-state index contributed by atoms with van der Waals surface area (Å²) in [5.74, 6) is 0. The van der Waals surface area contributed by atoms with E-state index < -0.39 is 0 Å². The average molecular weight is 284 g/mol. The van der Waals surface area contributed by atoms with Gasteiger partial charge in [-0.05, 0) is 49.3 Å². The van der Waals surface area contributed by atoms with Crippen molar-refractivity contribution < 1.29 is 0 Å². The number of aryl methyl sites for hydroxylation is 1. The maximum Gasteiger partial charge on any atom is 0.173 e. The standard InChI is InChI=1S/C17H20N2S/c1-3-19(13-15-9-5-4-6-10-15)17(20)18-16-11-7-8-14(2)12-16/h4-12H,3,13H2,1-2H3,(H,18,20). The van der Waals surface area contributed by atoms with Gasteiger partial charge in [-0.1, -0.05) is 42.5 Å². The molecule has 0 unspecified atom stereocenters. The highest BCUT2D eigenvalue weighted by molar-refractivity contribution is 7.80. The fourth-order valence-electron chi connectivity index (χ4n) is 2.06. The predicted molar refractivity (Wildman–Crippen MR) is 89.9 cm³/mol. The van der Waals surface area contributed by atoms with Crippen molar-refractivity contribution in [2.75, 3.05) is 11.9 Å². The van der Waals surface area contributed by atoms with Crippen LogP contribution in [0.4, 0.5) is 5.69 Å². The van der Waals surface area contributed by atoms with Gasteiger partial charge in [0.25, 0.3) is 0 Å². The third kappa shape index (κ3) is 4.07. The van der Waals surface area contributed by atoms with Crippen molar-refractivity contribution in [2.24, 2.45) is 0 Å². The van der Waals surface area contributed by atoms with E-state index in [4.69, 9.17) is 12.2 Å². The van der Waals surface area contributed by atoms with Crippen molar-refractivity contribution >= 4 is 23.0 Å². The fourth-order valence-corrected chi connectivity index (χ4v) is 2.37. The van der Waals surface area contributed by atoms with Crippen molar-refractivity contribution in [2.45, 2.75) is 20.4 Å². The van der Waals surface area contributed by atoms with Crippen LogP contribution in [0.5, 0.6) is 0 Å². The summed E-state index contributed by atoms with van der Waals surface area (Å²) in [5, 5.41) is 4.08. The zero-order chi connectivity index (χ0) is 14.4. The van der Waals surface area contributed by atoms with E-state index in [9.17, 15) is 0 Å². The van der Waals surface area contributed by atoms with Gasteiger partial charge in [-0.3, -0.25) is 0 Å². The monoisotopic (exact) mass is 284 g/mol. The zero-order valence-corrected chi connectivity index (χ0v) is 12.8. The van der Waals surface area contributed by atoms with Gasteiger partial charge in [-0.25, -0.2) is 0 Å². The number of rotatable bonds is 4. The minimum absolute atomic E-state index is 0.766. The summed E-state index contributed by atoms with van der Waals surface area (Å²) < 4.78 is 0. The molecule has 0 saturated heterocycles. The van der Waals surface area contributed by atoms with Crippen LogP contribution < -0.4 is 5.32 Å². The van der Waals surface area contributed by atoms with E-state index in [1.807, 2.05) is 18.2 Å². The lowest BCUT2D eigenvalue weighted by Crippen LogP contribution is -2.34. The van der Waals surface area contributed by atoms with Gasteiger partial charge in [0.1, 0.15) is 0 Å². The molecule has 2 aromatic carbocycles. The Hall–Kier alpha value is -1.87. The lowest BCUT2D eigenvalue weighted by molar-refractivity contribution is 0.442. The summed E-state index contributed by atoms with van der Waals surface area (Å²) in [6, 6.07) is 18.6. The molecule has 0 heterocycles. The molecule has 0 aliphatic heterocycles. The molecule has 0 amide bonds. The van der Waals surface area contributed by atoms with E-state index in [1.54, 1.807) is 0 Å². The molecular weight excluding hydrogens is 264 g/mol. The Balaban J connectivity index is 2.02. The molecule has 0 aliphatic carbocycles. The predicted octanol–water partition coefficient (Wildman–Crippen LogP) is 4.21. The number of anilines is 1. The van der Waals surface area contributed by atoms with Crippen LogP contribution in [0.25, 0.3) is 0 Å². The molecule has 2 nitrogen and oxygen atoms in total. The van der Waals surface area contributed by atoms with Crippen LogP contribution in [0, 0.1) is 6.92 Å². The summed E-state index contributed by atoms with van der Waals surface area (Å²) in [7, 11) is 0. The molecule has 104 valence electrons. The van der Waals surface area contributed by atoms with E-state index in [2.05, 4.69) is 60.5 Å². The van der Waals surface area contributed by atoms with Gasteiger partial charge in [0, 0.05) is 18.8 Å². The molecule has 0 spiro atoms. The van der Waals surface area contributed by atoms with Crippen molar-refractivity contribution in [1.82, 2.24) is 4.90 Å². The quantitative estimate of drug-likeness (QED) is 0.847.